The highest BCUT2D eigenvalue weighted by Crippen LogP contribution is 2.22. The summed E-state index contributed by atoms with van der Waals surface area (Å²) in [5.41, 5.74) is 7.07. The lowest BCUT2D eigenvalue weighted by molar-refractivity contribution is -0.115. The first-order chi connectivity index (χ1) is 10.1. The molecule has 1 N–H and O–H groups in total. The Morgan fingerprint density at radius 1 is 1.24 bits per heavy atom. The first kappa shape index (κ1) is 13.8. The molecule has 2 aromatic carbocycles. The van der Waals surface area contributed by atoms with Gasteiger partial charge in [-0.15, -0.1) is 11.3 Å². The topological polar surface area (TPSA) is 42.0 Å². The minimum absolute atomic E-state index is 0.00700. The second-order valence-corrected chi connectivity index (χ2v) is 6.01. The average molecular weight is 296 g/mol. The molecule has 0 atom stereocenters. The highest BCUT2D eigenvalue weighted by molar-refractivity contribution is 7.16. The molecule has 0 saturated heterocycles. The van der Waals surface area contributed by atoms with E-state index in [0.29, 0.717) is 6.42 Å². The summed E-state index contributed by atoms with van der Waals surface area (Å²) in [4.78, 5) is 16.4. The monoisotopic (exact) mass is 296 g/mol. The number of hydrogen-bond acceptors (Lipinski definition) is 3. The molecule has 0 fully saturated rings. The van der Waals surface area contributed by atoms with Crippen LogP contribution in [0.15, 0.2) is 41.9 Å². The number of nitrogens with zero attached hydrogens (tertiary/aromatic N) is 1. The molecule has 21 heavy (non-hydrogen) atoms. The first-order valence-electron chi connectivity index (χ1n) is 6.81. The van der Waals surface area contributed by atoms with Crippen LogP contribution in [-0.4, -0.2) is 10.9 Å². The zero-order valence-corrected chi connectivity index (χ0v) is 12.8. The third kappa shape index (κ3) is 2.95. The van der Waals surface area contributed by atoms with Gasteiger partial charge in [0.2, 0.25) is 5.91 Å². The predicted molar refractivity (Wildman–Crippen MR) is 87.9 cm³/mol. The molecule has 106 valence electrons. The Morgan fingerprint density at radius 3 is 2.95 bits per heavy atom. The van der Waals surface area contributed by atoms with Gasteiger partial charge in [-0.3, -0.25) is 4.79 Å². The number of thiazole rings is 1. The maximum absolute atomic E-state index is 12.2. The molecule has 0 bridgehead atoms. The van der Waals surface area contributed by atoms with E-state index in [1.165, 1.54) is 11.1 Å². The van der Waals surface area contributed by atoms with E-state index in [4.69, 9.17) is 0 Å². The van der Waals surface area contributed by atoms with Gasteiger partial charge in [0.25, 0.3) is 0 Å². The Labute approximate surface area is 127 Å². The van der Waals surface area contributed by atoms with E-state index in [-0.39, 0.29) is 5.91 Å². The van der Waals surface area contributed by atoms with Crippen molar-refractivity contribution in [1.82, 2.24) is 4.98 Å². The molecule has 0 aliphatic carbocycles. The molecule has 0 aliphatic heterocycles. The van der Waals surface area contributed by atoms with E-state index in [9.17, 15) is 4.79 Å². The molecule has 3 nitrogen and oxygen atoms in total. The van der Waals surface area contributed by atoms with Gasteiger partial charge in [0.05, 0.1) is 22.1 Å². The number of aromatic nitrogens is 1. The van der Waals surface area contributed by atoms with E-state index in [1.807, 2.05) is 35.8 Å². The maximum atomic E-state index is 12.2. The molecule has 1 aromatic heterocycles. The van der Waals surface area contributed by atoms with Crippen LogP contribution >= 0.6 is 11.3 Å². The number of anilines is 1. The summed E-state index contributed by atoms with van der Waals surface area (Å²) in [5, 5.41) is 2.96. The van der Waals surface area contributed by atoms with E-state index >= 15 is 0 Å². The fourth-order valence-electron chi connectivity index (χ4n) is 2.31. The number of carbonyl (C=O) groups excluding carboxylic acids is 1. The Morgan fingerprint density at radius 2 is 2.10 bits per heavy atom. The average Bonchev–Trinajstić information content (AvgIpc) is 2.91. The molecule has 4 heteroatoms. The number of amides is 1. The highest BCUT2D eigenvalue weighted by Gasteiger charge is 2.08. The van der Waals surface area contributed by atoms with Gasteiger partial charge >= 0.3 is 0 Å². The summed E-state index contributed by atoms with van der Waals surface area (Å²) in [6.07, 6.45) is 0.397. The Kier molecular flexibility index (Phi) is 3.71. The van der Waals surface area contributed by atoms with E-state index in [1.54, 1.807) is 11.3 Å². The van der Waals surface area contributed by atoms with Crippen LogP contribution in [0.2, 0.25) is 0 Å². The van der Waals surface area contributed by atoms with Gasteiger partial charge in [0.15, 0.2) is 0 Å². The van der Waals surface area contributed by atoms with E-state index < -0.39 is 0 Å². The standard InChI is InChI=1S/C17H16N2OS/c1-11-4-3-5-13(12(11)2)8-17(20)19-14-6-7-15-16(9-14)21-10-18-15/h3-7,9-10H,8H2,1-2H3,(H,19,20). The van der Waals surface area contributed by atoms with Crippen LogP contribution in [0.3, 0.4) is 0 Å². The molecule has 1 amide bonds. The summed E-state index contributed by atoms with van der Waals surface area (Å²) in [7, 11) is 0. The second kappa shape index (κ2) is 5.66. The SMILES string of the molecule is Cc1cccc(CC(=O)Nc2ccc3ncsc3c2)c1C. The van der Waals surface area contributed by atoms with Crippen molar-refractivity contribution in [2.75, 3.05) is 5.32 Å². The minimum Gasteiger partial charge on any atom is -0.326 e. The quantitative estimate of drug-likeness (QED) is 0.791. The zero-order chi connectivity index (χ0) is 14.8. The van der Waals surface area contributed by atoms with Crippen molar-refractivity contribution in [2.24, 2.45) is 0 Å². The predicted octanol–water partition coefficient (Wildman–Crippen LogP) is 4.09. The summed E-state index contributed by atoms with van der Waals surface area (Å²) >= 11 is 1.57. The smallest absolute Gasteiger partial charge is 0.228 e. The molecule has 0 spiro atoms. The lowest BCUT2D eigenvalue weighted by atomic mass is 10.0. The van der Waals surface area contributed by atoms with Crippen molar-refractivity contribution < 1.29 is 4.79 Å². The summed E-state index contributed by atoms with van der Waals surface area (Å²) < 4.78 is 1.08. The summed E-state index contributed by atoms with van der Waals surface area (Å²) in [6, 6.07) is 11.9. The molecular formula is C17H16N2OS. The Bertz CT molecular complexity index is 807. The molecule has 0 saturated carbocycles. The van der Waals surface area contributed by atoms with E-state index in [2.05, 4.69) is 30.2 Å². The Balaban J connectivity index is 1.75. The molecular weight excluding hydrogens is 280 g/mol. The van der Waals surface area contributed by atoms with Crippen LogP contribution in [0.25, 0.3) is 10.2 Å². The maximum Gasteiger partial charge on any atom is 0.228 e. The van der Waals surface area contributed by atoms with Gasteiger partial charge in [-0.05, 0) is 48.7 Å². The third-order valence-corrected chi connectivity index (χ3v) is 4.47. The van der Waals surface area contributed by atoms with Crippen molar-refractivity contribution in [2.45, 2.75) is 20.3 Å². The molecule has 0 radical (unpaired) electrons. The second-order valence-electron chi connectivity index (χ2n) is 5.12. The van der Waals surface area contributed by atoms with Crippen LogP contribution in [0.1, 0.15) is 16.7 Å². The van der Waals surface area contributed by atoms with Crippen LogP contribution in [0.5, 0.6) is 0 Å². The normalized spacial score (nSPS) is 10.8. The fraction of sp³-hybridized carbons (Fsp3) is 0.176. The molecule has 0 aliphatic rings. The number of carbonyl (C=O) groups is 1. The first-order valence-corrected chi connectivity index (χ1v) is 7.69. The van der Waals surface area contributed by atoms with Crippen molar-refractivity contribution in [3.8, 4) is 0 Å². The largest absolute Gasteiger partial charge is 0.326 e. The van der Waals surface area contributed by atoms with Gasteiger partial charge in [-0.2, -0.15) is 0 Å². The molecule has 3 rings (SSSR count). The van der Waals surface area contributed by atoms with Crippen LogP contribution < -0.4 is 5.32 Å². The van der Waals surface area contributed by atoms with Crippen molar-refractivity contribution in [3.05, 3.63) is 58.6 Å². The number of fused-ring (bicyclic) bond motifs is 1. The number of aryl methyl sites for hydroxylation is 1. The number of hydrogen-bond donors (Lipinski definition) is 1. The number of benzene rings is 2. The third-order valence-electron chi connectivity index (χ3n) is 3.68. The van der Waals surface area contributed by atoms with Crippen molar-refractivity contribution in [3.63, 3.8) is 0 Å². The molecule has 1 heterocycles. The van der Waals surface area contributed by atoms with Gasteiger partial charge in [0.1, 0.15) is 0 Å². The Hall–Kier alpha value is -2.20. The van der Waals surface area contributed by atoms with Crippen molar-refractivity contribution in [1.29, 1.82) is 0 Å². The molecule has 3 aromatic rings. The lowest BCUT2D eigenvalue weighted by Gasteiger charge is -2.09. The van der Waals surface area contributed by atoms with Crippen LogP contribution in [0, 0.1) is 13.8 Å². The minimum atomic E-state index is 0.00700. The summed E-state index contributed by atoms with van der Waals surface area (Å²) in [5.74, 6) is 0.00700. The molecule has 0 unspecified atom stereocenters. The van der Waals surface area contributed by atoms with Crippen LogP contribution in [0.4, 0.5) is 5.69 Å². The van der Waals surface area contributed by atoms with Gasteiger partial charge in [-0.25, -0.2) is 4.98 Å². The van der Waals surface area contributed by atoms with Crippen LogP contribution in [-0.2, 0) is 11.2 Å². The lowest BCUT2D eigenvalue weighted by Crippen LogP contribution is -2.15. The van der Waals surface area contributed by atoms with Gasteiger partial charge in [-0.1, -0.05) is 18.2 Å². The number of nitrogens with one attached hydrogen (secondary N) is 1. The number of rotatable bonds is 3. The van der Waals surface area contributed by atoms with Gasteiger partial charge < -0.3 is 5.32 Å². The highest BCUT2D eigenvalue weighted by atomic mass is 32.1. The van der Waals surface area contributed by atoms with E-state index in [0.717, 1.165) is 21.5 Å². The van der Waals surface area contributed by atoms with Gasteiger partial charge in [0, 0.05) is 5.69 Å². The van der Waals surface area contributed by atoms with Crippen molar-refractivity contribution >= 4 is 33.1 Å². The fourth-order valence-corrected chi connectivity index (χ4v) is 3.03. The summed E-state index contributed by atoms with van der Waals surface area (Å²) in [6.45, 7) is 4.12. The zero-order valence-electron chi connectivity index (χ0n) is 12.0.